The first-order chi connectivity index (χ1) is 6.26. The molecule has 0 atom stereocenters. The quantitative estimate of drug-likeness (QED) is 0.504. The normalized spacial score (nSPS) is 9.62. The van der Waals surface area contributed by atoms with Crippen molar-refractivity contribution in [1.82, 2.24) is 4.98 Å². The lowest BCUT2D eigenvalue weighted by atomic mass is 10.3. The fraction of sp³-hybridized carbons (Fsp3) is 0.375. The summed E-state index contributed by atoms with van der Waals surface area (Å²) < 4.78 is 9.39. The monoisotopic (exact) mass is 183 g/mol. The summed E-state index contributed by atoms with van der Waals surface area (Å²) in [5.74, 6) is -0.410. The van der Waals surface area contributed by atoms with Crippen LogP contribution in [0.15, 0.2) is 10.7 Å². The number of carbonyl (C=O) groups is 2. The van der Waals surface area contributed by atoms with Gasteiger partial charge in [-0.25, -0.2) is 4.98 Å². The van der Waals surface area contributed by atoms with Crippen LogP contribution in [0.5, 0.6) is 0 Å². The third-order valence-corrected chi connectivity index (χ3v) is 1.30. The number of aldehydes is 1. The molecule has 0 saturated heterocycles. The molecule has 1 heterocycles. The standard InChI is InChI=1S/C8H9NO4/c1-2-12-8(11)3-6-5-13-7(4-10)9-6/h4-5H,2-3H2,1H3. The fourth-order valence-corrected chi connectivity index (χ4v) is 0.818. The van der Waals surface area contributed by atoms with Crippen molar-refractivity contribution in [2.24, 2.45) is 0 Å². The molecule has 0 N–H and O–H groups in total. The lowest BCUT2D eigenvalue weighted by Gasteiger charge is -1.96. The van der Waals surface area contributed by atoms with Crippen LogP contribution in [-0.4, -0.2) is 23.8 Å². The van der Waals surface area contributed by atoms with Crippen molar-refractivity contribution in [3.63, 3.8) is 0 Å². The number of rotatable bonds is 4. The lowest BCUT2D eigenvalue weighted by Crippen LogP contribution is -2.07. The molecule has 5 nitrogen and oxygen atoms in total. The minimum atomic E-state index is -0.381. The third kappa shape index (κ3) is 2.70. The molecule has 70 valence electrons. The minimum Gasteiger partial charge on any atom is -0.466 e. The van der Waals surface area contributed by atoms with E-state index in [1.54, 1.807) is 6.92 Å². The zero-order valence-corrected chi connectivity index (χ0v) is 7.15. The smallest absolute Gasteiger partial charge is 0.311 e. The molecular weight excluding hydrogens is 174 g/mol. The van der Waals surface area contributed by atoms with Gasteiger partial charge in [-0.05, 0) is 6.92 Å². The zero-order valence-electron chi connectivity index (χ0n) is 7.15. The maximum atomic E-state index is 10.9. The van der Waals surface area contributed by atoms with Gasteiger partial charge >= 0.3 is 5.97 Å². The van der Waals surface area contributed by atoms with Crippen molar-refractivity contribution < 1.29 is 18.7 Å². The Morgan fingerprint density at radius 3 is 3.08 bits per heavy atom. The molecule has 0 aromatic carbocycles. The van der Waals surface area contributed by atoms with Gasteiger partial charge in [-0.2, -0.15) is 0 Å². The molecular formula is C8H9NO4. The molecule has 0 bridgehead atoms. The summed E-state index contributed by atoms with van der Waals surface area (Å²) in [5.41, 5.74) is 0.403. The summed E-state index contributed by atoms with van der Waals surface area (Å²) in [6.07, 6.45) is 1.78. The van der Waals surface area contributed by atoms with Crippen molar-refractivity contribution in [1.29, 1.82) is 0 Å². The molecule has 0 aliphatic heterocycles. The van der Waals surface area contributed by atoms with Gasteiger partial charge in [0.15, 0.2) is 0 Å². The first-order valence-corrected chi connectivity index (χ1v) is 3.81. The predicted octanol–water partition coefficient (Wildman–Crippen LogP) is 0.593. The summed E-state index contributed by atoms with van der Waals surface area (Å²) in [5, 5.41) is 0. The van der Waals surface area contributed by atoms with E-state index in [0.29, 0.717) is 18.6 Å². The number of carbonyl (C=O) groups excluding carboxylic acids is 2. The summed E-state index contributed by atoms with van der Waals surface area (Å²) in [7, 11) is 0. The second-order valence-electron chi connectivity index (χ2n) is 2.28. The Labute approximate surface area is 74.7 Å². The first kappa shape index (κ1) is 9.44. The number of aromatic nitrogens is 1. The Bertz CT molecular complexity index is 305. The van der Waals surface area contributed by atoms with E-state index in [1.807, 2.05) is 0 Å². The molecule has 0 spiro atoms. The molecule has 1 aromatic rings. The van der Waals surface area contributed by atoms with Crippen LogP contribution < -0.4 is 0 Å². The average Bonchev–Trinajstić information content (AvgIpc) is 2.52. The average molecular weight is 183 g/mol. The van der Waals surface area contributed by atoms with Crippen LogP contribution in [0.4, 0.5) is 0 Å². The maximum absolute atomic E-state index is 10.9. The summed E-state index contributed by atoms with van der Waals surface area (Å²) in [4.78, 5) is 24.8. The highest BCUT2D eigenvalue weighted by Crippen LogP contribution is 2.01. The maximum Gasteiger partial charge on any atom is 0.311 e. The Hall–Kier alpha value is -1.65. The SMILES string of the molecule is CCOC(=O)Cc1coc(C=O)n1. The van der Waals surface area contributed by atoms with Crippen LogP contribution in [0.3, 0.4) is 0 Å². The largest absolute Gasteiger partial charge is 0.466 e. The molecule has 0 aliphatic rings. The molecule has 13 heavy (non-hydrogen) atoms. The van der Waals surface area contributed by atoms with Crippen LogP contribution in [0, 0.1) is 0 Å². The van der Waals surface area contributed by atoms with E-state index in [1.165, 1.54) is 6.26 Å². The Morgan fingerprint density at radius 1 is 1.77 bits per heavy atom. The van der Waals surface area contributed by atoms with Crippen LogP contribution in [-0.2, 0) is 16.0 Å². The number of oxazole rings is 1. The number of ether oxygens (including phenoxy) is 1. The highest BCUT2D eigenvalue weighted by molar-refractivity contribution is 5.72. The molecule has 0 fully saturated rings. The molecule has 0 unspecified atom stereocenters. The lowest BCUT2D eigenvalue weighted by molar-refractivity contribution is -0.142. The van der Waals surface area contributed by atoms with E-state index in [2.05, 4.69) is 9.72 Å². The van der Waals surface area contributed by atoms with Crippen LogP contribution in [0.2, 0.25) is 0 Å². The fourth-order valence-electron chi connectivity index (χ4n) is 0.818. The second kappa shape index (κ2) is 4.39. The van der Waals surface area contributed by atoms with Gasteiger partial charge in [0.25, 0.3) is 5.89 Å². The molecule has 1 aromatic heterocycles. The Balaban J connectivity index is 2.53. The molecule has 0 saturated carbocycles. The first-order valence-electron chi connectivity index (χ1n) is 3.81. The van der Waals surface area contributed by atoms with Crippen LogP contribution >= 0.6 is 0 Å². The van der Waals surface area contributed by atoms with E-state index >= 15 is 0 Å². The highest BCUT2D eigenvalue weighted by Gasteiger charge is 2.08. The summed E-state index contributed by atoms with van der Waals surface area (Å²) >= 11 is 0. The second-order valence-corrected chi connectivity index (χ2v) is 2.28. The van der Waals surface area contributed by atoms with E-state index in [9.17, 15) is 9.59 Å². The van der Waals surface area contributed by atoms with Crippen molar-refractivity contribution in [3.05, 3.63) is 17.8 Å². The van der Waals surface area contributed by atoms with Gasteiger partial charge in [-0.1, -0.05) is 0 Å². The van der Waals surface area contributed by atoms with Gasteiger partial charge in [-0.15, -0.1) is 0 Å². The molecule has 1 rings (SSSR count). The van der Waals surface area contributed by atoms with Gasteiger partial charge < -0.3 is 9.15 Å². The van der Waals surface area contributed by atoms with Crippen molar-refractivity contribution in [3.8, 4) is 0 Å². The molecule has 5 heteroatoms. The highest BCUT2D eigenvalue weighted by atomic mass is 16.5. The van der Waals surface area contributed by atoms with Crippen molar-refractivity contribution >= 4 is 12.3 Å². The topological polar surface area (TPSA) is 69.4 Å². The zero-order chi connectivity index (χ0) is 9.68. The van der Waals surface area contributed by atoms with Gasteiger partial charge in [-0.3, -0.25) is 9.59 Å². The van der Waals surface area contributed by atoms with Gasteiger partial charge in [0.2, 0.25) is 6.29 Å². The Kier molecular flexibility index (Phi) is 3.19. The van der Waals surface area contributed by atoms with Gasteiger partial charge in [0, 0.05) is 0 Å². The minimum absolute atomic E-state index is 0.0284. The van der Waals surface area contributed by atoms with Crippen molar-refractivity contribution in [2.45, 2.75) is 13.3 Å². The number of esters is 1. The third-order valence-electron chi connectivity index (χ3n) is 1.30. The molecule has 0 aliphatic carbocycles. The molecule has 0 amide bonds. The van der Waals surface area contributed by atoms with Crippen LogP contribution in [0.25, 0.3) is 0 Å². The van der Waals surface area contributed by atoms with E-state index in [-0.39, 0.29) is 18.3 Å². The van der Waals surface area contributed by atoms with E-state index < -0.39 is 0 Å². The van der Waals surface area contributed by atoms with Crippen LogP contribution in [0.1, 0.15) is 23.3 Å². The Morgan fingerprint density at radius 2 is 2.54 bits per heavy atom. The van der Waals surface area contributed by atoms with Gasteiger partial charge in [0.1, 0.15) is 6.26 Å². The summed E-state index contributed by atoms with van der Waals surface area (Å²) in [6.45, 7) is 2.05. The van der Waals surface area contributed by atoms with E-state index in [4.69, 9.17) is 4.42 Å². The van der Waals surface area contributed by atoms with Gasteiger partial charge in [0.05, 0.1) is 18.7 Å². The predicted molar refractivity (Wildman–Crippen MR) is 42.2 cm³/mol. The number of nitrogens with zero attached hydrogens (tertiary/aromatic N) is 1. The van der Waals surface area contributed by atoms with E-state index in [0.717, 1.165) is 0 Å². The summed E-state index contributed by atoms with van der Waals surface area (Å²) in [6, 6.07) is 0. The molecule has 0 radical (unpaired) electrons. The number of hydrogen-bond acceptors (Lipinski definition) is 5. The number of hydrogen-bond donors (Lipinski definition) is 0. The van der Waals surface area contributed by atoms with Crippen molar-refractivity contribution in [2.75, 3.05) is 6.61 Å².